The highest BCUT2D eigenvalue weighted by molar-refractivity contribution is 5.96. The fraction of sp³-hybridized carbons (Fsp3) is 0.250. The van der Waals surface area contributed by atoms with Gasteiger partial charge in [0.1, 0.15) is 0 Å². The quantitative estimate of drug-likeness (QED) is 0.468. The number of nitrogens with zero attached hydrogens (tertiary/aromatic N) is 1. The lowest BCUT2D eigenvalue weighted by Crippen LogP contribution is -2.37. The lowest BCUT2D eigenvalue weighted by atomic mass is 9.92. The molecule has 0 radical (unpaired) electrons. The molecule has 3 heteroatoms. The fourth-order valence-corrected chi connectivity index (χ4v) is 1.05. The van der Waals surface area contributed by atoms with Crippen LogP contribution in [0.3, 0.4) is 0 Å². The average Bonchev–Trinajstić information content (AvgIpc) is 2.28. The number of amides is 1. The van der Waals surface area contributed by atoms with Crippen molar-refractivity contribution in [1.82, 2.24) is 0 Å². The van der Waals surface area contributed by atoms with E-state index in [4.69, 9.17) is 0 Å². The lowest BCUT2D eigenvalue weighted by Gasteiger charge is -2.24. The predicted molar refractivity (Wildman–Crippen MR) is 59.7 cm³/mol. The van der Waals surface area contributed by atoms with Crippen LogP contribution in [0, 0.1) is 5.41 Å². The van der Waals surface area contributed by atoms with Crippen molar-refractivity contribution in [2.75, 3.05) is 5.06 Å². The van der Waals surface area contributed by atoms with Gasteiger partial charge in [-0.2, -0.15) is 5.06 Å². The molecular formula is C12H15NO2. The van der Waals surface area contributed by atoms with E-state index in [-0.39, 0.29) is 0 Å². The molecule has 0 atom stereocenters. The summed E-state index contributed by atoms with van der Waals surface area (Å²) in [5.41, 5.74) is -0.317. The maximum atomic E-state index is 11.8. The second-order valence-corrected chi connectivity index (χ2v) is 3.88. The molecule has 0 unspecified atom stereocenters. The van der Waals surface area contributed by atoms with Crippen molar-refractivity contribution in [3.63, 3.8) is 0 Å². The lowest BCUT2D eigenvalue weighted by molar-refractivity contribution is -0.129. The Morgan fingerprint density at radius 2 is 1.93 bits per heavy atom. The topological polar surface area (TPSA) is 40.5 Å². The van der Waals surface area contributed by atoms with Crippen LogP contribution in [0.2, 0.25) is 0 Å². The van der Waals surface area contributed by atoms with Crippen molar-refractivity contribution in [1.29, 1.82) is 0 Å². The molecule has 1 rings (SSSR count). The molecular weight excluding hydrogens is 190 g/mol. The first-order valence-electron chi connectivity index (χ1n) is 4.71. The minimum Gasteiger partial charge on any atom is -0.281 e. The number of hydrogen-bond donors (Lipinski definition) is 1. The maximum Gasteiger partial charge on any atom is 0.260 e. The molecule has 3 nitrogen and oxygen atoms in total. The minimum atomic E-state index is -0.773. The standard InChI is InChI=1S/C12H15NO2/c1-4-12(2,3)11(14)13(15)10-8-6-5-7-9-10/h4-9,15H,1H2,2-3H3. The number of hydroxylamine groups is 1. The van der Waals surface area contributed by atoms with Crippen molar-refractivity contribution in [3.8, 4) is 0 Å². The third-order valence-electron chi connectivity index (χ3n) is 2.25. The van der Waals surface area contributed by atoms with Gasteiger partial charge in [0.05, 0.1) is 11.1 Å². The van der Waals surface area contributed by atoms with E-state index in [2.05, 4.69) is 6.58 Å². The molecule has 0 aromatic heterocycles. The zero-order chi connectivity index (χ0) is 11.5. The largest absolute Gasteiger partial charge is 0.281 e. The van der Waals surface area contributed by atoms with E-state index in [1.54, 1.807) is 38.1 Å². The first kappa shape index (κ1) is 11.5. The minimum absolute atomic E-state index is 0.399. The van der Waals surface area contributed by atoms with Crippen molar-refractivity contribution >= 4 is 11.6 Å². The zero-order valence-corrected chi connectivity index (χ0v) is 8.97. The van der Waals surface area contributed by atoms with E-state index < -0.39 is 11.3 Å². The molecule has 1 amide bonds. The molecule has 0 aliphatic heterocycles. The van der Waals surface area contributed by atoms with Crippen LogP contribution >= 0.6 is 0 Å². The summed E-state index contributed by atoms with van der Waals surface area (Å²) in [4.78, 5) is 11.8. The molecule has 0 saturated heterocycles. The van der Waals surface area contributed by atoms with Crippen molar-refractivity contribution in [2.45, 2.75) is 13.8 Å². The molecule has 1 aromatic carbocycles. The number of benzene rings is 1. The smallest absolute Gasteiger partial charge is 0.260 e. The first-order chi connectivity index (χ1) is 6.99. The van der Waals surface area contributed by atoms with E-state index >= 15 is 0 Å². The average molecular weight is 205 g/mol. The van der Waals surface area contributed by atoms with Gasteiger partial charge in [-0.1, -0.05) is 24.3 Å². The number of anilines is 1. The van der Waals surface area contributed by atoms with Crippen molar-refractivity contribution in [3.05, 3.63) is 43.0 Å². The second kappa shape index (κ2) is 4.28. The van der Waals surface area contributed by atoms with Gasteiger partial charge in [-0.05, 0) is 26.0 Å². The summed E-state index contributed by atoms with van der Waals surface area (Å²) < 4.78 is 0. The molecule has 0 heterocycles. The highest BCUT2D eigenvalue weighted by Gasteiger charge is 2.29. The monoisotopic (exact) mass is 205 g/mol. The maximum absolute atomic E-state index is 11.8. The van der Waals surface area contributed by atoms with Gasteiger partial charge in [-0.15, -0.1) is 6.58 Å². The molecule has 0 aliphatic rings. The Bertz CT molecular complexity index is 357. The van der Waals surface area contributed by atoms with E-state index in [0.29, 0.717) is 10.8 Å². The Morgan fingerprint density at radius 1 is 1.40 bits per heavy atom. The summed E-state index contributed by atoms with van der Waals surface area (Å²) in [6, 6.07) is 8.66. The molecule has 0 fully saturated rings. The third kappa shape index (κ3) is 2.44. The van der Waals surface area contributed by atoms with Crippen LogP contribution in [0.15, 0.2) is 43.0 Å². The highest BCUT2D eigenvalue weighted by Crippen LogP contribution is 2.22. The number of rotatable bonds is 3. The van der Waals surface area contributed by atoms with Crippen molar-refractivity contribution < 1.29 is 10.0 Å². The Morgan fingerprint density at radius 3 is 2.40 bits per heavy atom. The van der Waals surface area contributed by atoms with Crippen LogP contribution in [0.4, 0.5) is 5.69 Å². The first-order valence-corrected chi connectivity index (χ1v) is 4.71. The molecule has 0 saturated carbocycles. The van der Waals surface area contributed by atoms with E-state index in [9.17, 15) is 10.0 Å². The van der Waals surface area contributed by atoms with Crippen molar-refractivity contribution in [2.24, 2.45) is 5.41 Å². The molecule has 1 N–H and O–H groups in total. The van der Waals surface area contributed by atoms with E-state index in [1.165, 1.54) is 6.08 Å². The van der Waals surface area contributed by atoms with Gasteiger partial charge in [-0.25, -0.2) is 0 Å². The van der Waals surface area contributed by atoms with Gasteiger partial charge in [0, 0.05) is 0 Å². The Hall–Kier alpha value is -1.61. The van der Waals surface area contributed by atoms with Gasteiger partial charge in [0.15, 0.2) is 0 Å². The fourth-order valence-electron chi connectivity index (χ4n) is 1.05. The van der Waals surface area contributed by atoms with Gasteiger partial charge in [0.25, 0.3) is 5.91 Å². The molecule has 0 bridgehead atoms. The van der Waals surface area contributed by atoms with Gasteiger partial charge < -0.3 is 0 Å². The van der Waals surface area contributed by atoms with Crippen LogP contribution in [-0.2, 0) is 4.79 Å². The number of carbonyl (C=O) groups excluding carboxylic acids is 1. The number of hydrogen-bond acceptors (Lipinski definition) is 2. The molecule has 1 aromatic rings. The third-order valence-corrected chi connectivity index (χ3v) is 2.25. The predicted octanol–water partition coefficient (Wildman–Crippen LogP) is 2.62. The van der Waals surface area contributed by atoms with Gasteiger partial charge >= 0.3 is 0 Å². The summed E-state index contributed by atoms with van der Waals surface area (Å²) in [6.45, 7) is 6.98. The summed E-state index contributed by atoms with van der Waals surface area (Å²) >= 11 is 0. The summed E-state index contributed by atoms with van der Waals surface area (Å²) in [7, 11) is 0. The van der Waals surface area contributed by atoms with Crippen LogP contribution in [0.25, 0.3) is 0 Å². The zero-order valence-electron chi connectivity index (χ0n) is 8.97. The summed E-state index contributed by atoms with van der Waals surface area (Å²) in [5.74, 6) is -0.399. The van der Waals surface area contributed by atoms with Gasteiger partial charge in [-0.3, -0.25) is 10.0 Å². The Balaban J connectivity index is 2.92. The summed E-state index contributed by atoms with van der Waals surface area (Å²) in [5, 5.41) is 10.3. The SMILES string of the molecule is C=CC(C)(C)C(=O)N(O)c1ccccc1. The normalized spacial score (nSPS) is 10.9. The van der Waals surface area contributed by atoms with E-state index in [1.807, 2.05) is 6.07 Å². The number of para-hydroxylation sites is 1. The molecule has 80 valence electrons. The second-order valence-electron chi connectivity index (χ2n) is 3.88. The van der Waals surface area contributed by atoms with E-state index in [0.717, 1.165) is 0 Å². The van der Waals surface area contributed by atoms with Crippen LogP contribution in [0.5, 0.6) is 0 Å². The molecule has 0 spiro atoms. The summed E-state index contributed by atoms with van der Waals surface area (Å²) in [6.07, 6.45) is 1.52. The van der Waals surface area contributed by atoms with Crippen LogP contribution < -0.4 is 5.06 Å². The number of carbonyl (C=O) groups is 1. The van der Waals surface area contributed by atoms with Crippen LogP contribution in [-0.4, -0.2) is 11.1 Å². The van der Waals surface area contributed by atoms with Crippen LogP contribution in [0.1, 0.15) is 13.8 Å². The Labute approximate surface area is 89.6 Å². The highest BCUT2D eigenvalue weighted by atomic mass is 16.5. The Kier molecular flexibility index (Phi) is 3.27. The van der Waals surface area contributed by atoms with Gasteiger partial charge in [0.2, 0.25) is 0 Å². The molecule has 0 aliphatic carbocycles. The molecule has 15 heavy (non-hydrogen) atoms.